The average molecular weight is 298 g/mol. The lowest BCUT2D eigenvalue weighted by Crippen LogP contribution is -2.42. The molecule has 2 amide bonds. The topological polar surface area (TPSA) is 78.4 Å². The van der Waals surface area contributed by atoms with E-state index < -0.39 is 17.9 Å². The first-order valence-corrected chi connectivity index (χ1v) is 6.99. The van der Waals surface area contributed by atoms with Crippen LogP contribution in [-0.2, 0) is 9.59 Å². The van der Waals surface area contributed by atoms with Gasteiger partial charge in [-0.3, -0.25) is 9.59 Å². The van der Waals surface area contributed by atoms with Gasteiger partial charge in [0.05, 0.1) is 6.61 Å². The van der Waals surface area contributed by atoms with Crippen LogP contribution >= 0.6 is 0 Å². The Hall–Kier alpha value is -2.66. The van der Waals surface area contributed by atoms with Crippen molar-refractivity contribution in [3.8, 4) is 11.1 Å². The molecule has 2 aromatic carbocycles. The summed E-state index contributed by atoms with van der Waals surface area (Å²) >= 11 is 0. The Bertz CT molecular complexity index is 656. The van der Waals surface area contributed by atoms with Crippen LogP contribution in [0, 0.1) is 0 Å². The third-order valence-corrected chi connectivity index (χ3v) is 3.12. The standard InChI is InChI=1S/C17H18N2O3/c1-12(11-20)18-16(21)17(22)19-15-10-6-5-9-14(15)13-7-3-2-4-8-13/h2-10,12,20H,11H2,1H3,(H,18,21)(H,19,22). The van der Waals surface area contributed by atoms with Gasteiger partial charge in [0.2, 0.25) is 0 Å². The predicted molar refractivity (Wildman–Crippen MR) is 85.2 cm³/mol. The van der Waals surface area contributed by atoms with Crippen molar-refractivity contribution >= 4 is 17.5 Å². The lowest BCUT2D eigenvalue weighted by Gasteiger charge is -2.13. The highest BCUT2D eigenvalue weighted by Crippen LogP contribution is 2.27. The number of nitrogens with one attached hydrogen (secondary N) is 2. The van der Waals surface area contributed by atoms with Crippen molar-refractivity contribution < 1.29 is 14.7 Å². The van der Waals surface area contributed by atoms with Crippen LogP contribution in [0.3, 0.4) is 0 Å². The second-order valence-corrected chi connectivity index (χ2v) is 4.92. The van der Waals surface area contributed by atoms with E-state index in [2.05, 4.69) is 10.6 Å². The summed E-state index contributed by atoms with van der Waals surface area (Å²) in [5.41, 5.74) is 2.34. The molecule has 22 heavy (non-hydrogen) atoms. The van der Waals surface area contributed by atoms with Crippen molar-refractivity contribution in [2.45, 2.75) is 13.0 Å². The van der Waals surface area contributed by atoms with Crippen molar-refractivity contribution in [3.63, 3.8) is 0 Å². The number of rotatable bonds is 4. The van der Waals surface area contributed by atoms with Gasteiger partial charge in [0.1, 0.15) is 0 Å². The number of hydrogen-bond acceptors (Lipinski definition) is 3. The molecule has 0 spiro atoms. The maximum atomic E-state index is 11.9. The number of carbonyl (C=O) groups is 2. The zero-order chi connectivity index (χ0) is 15.9. The summed E-state index contributed by atoms with van der Waals surface area (Å²) in [4.78, 5) is 23.7. The summed E-state index contributed by atoms with van der Waals surface area (Å²) in [6.07, 6.45) is 0. The molecule has 0 saturated carbocycles. The van der Waals surface area contributed by atoms with E-state index in [1.54, 1.807) is 19.1 Å². The van der Waals surface area contributed by atoms with Crippen LogP contribution in [0.25, 0.3) is 11.1 Å². The molecule has 0 saturated heterocycles. The van der Waals surface area contributed by atoms with Crippen molar-refractivity contribution in [2.75, 3.05) is 11.9 Å². The van der Waals surface area contributed by atoms with Crippen LogP contribution in [0.1, 0.15) is 6.92 Å². The molecule has 0 bridgehead atoms. The molecule has 114 valence electrons. The minimum Gasteiger partial charge on any atom is -0.394 e. The molecular formula is C17H18N2O3. The van der Waals surface area contributed by atoms with E-state index in [1.807, 2.05) is 42.5 Å². The maximum Gasteiger partial charge on any atom is 0.313 e. The number of hydrogen-bond donors (Lipinski definition) is 3. The lowest BCUT2D eigenvalue weighted by molar-refractivity contribution is -0.136. The molecule has 0 aliphatic carbocycles. The number of amides is 2. The van der Waals surface area contributed by atoms with E-state index in [0.29, 0.717) is 5.69 Å². The fourth-order valence-electron chi connectivity index (χ4n) is 1.98. The number of carbonyl (C=O) groups excluding carboxylic acids is 2. The van der Waals surface area contributed by atoms with E-state index in [4.69, 9.17) is 5.11 Å². The van der Waals surface area contributed by atoms with Crippen molar-refractivity contribution in [2.24, 2.45) is 0 Å². The number of aliphatic hydroxyl groups excluding tert-OH is 1. The van der Waals surface area contributed by atoms with Crippen molar-refractivity contribution in [1.29, 1.82) is 0 Å². The predicted octanol–water partition coefficient (Wildman–Crippen LogP) is 1.79. The first-order valence-electron chi connectivity index (χ1n) is 6.99. The Kier molecular flexibility index (Phi) is 5.27. The van der Waals surface area contributed by atoms with E-state index in [1.165, 1.54) is 0 Å². The van der Waals surface area contributed by atoms with Crippen LogP contribution in [0.5, 0.6) is 0 Å². The summed E-state index contributed by atoms with van der Waals surface area (Å²) in [6.45, 7) is 1.39. The van der Waals surface area contributed by atoms with Crippen LogP contribution in [0.4, 0.5) is 5.69 Å². The molecule has 0 radical (unpaired) electrons. The fraction of sp³-hybridized carbons (Fsp3) is 0.176. The highest BCUT2D eigenvalue weighted by atomic mass is 16.3. The quantitative estimate of drug-likeness (QED) is 0.753. The lowest BCUT2D eigenvalue weighted by atomic mass is 10.0. The van der Waals surface area contributed by atoms with E-state index in [9.17, 15) is 9.59 Å². The van der Waals surface area contributed by atoms with Gasteiger partial charge in [-0.1, -0.05) is 48.5 Å². The Labute approximate surface area is 129 Å². The minimum absolute atomic E-state index is 0.223. The summed E-state index contributed by atoms with van der Waals surface area (Å²) < 4.78 is 0. The molecule has 1 unspecified atom stereocenters. The molecular weight excluding hydrogens is 280 g/mol. The zero-order valence-electron chi connectivity index (χ0n) is 12.2. The molecule has 2 aromatic rings. The average Bonchev–Trinajstić information content (AvgIpc) is 2.56. The minimum atomic E-state index is -0.774. The summed E-state index contributed by atoms with van der Waals surface area (Å²) in [6, 6.07) is 16.4. The van der Waals surface area contributed by atoms with Gasteiger partial charge in [-0.2, -0.15) is 0 Å². The third-order valence-electron chi connectivity index (χ3n) is 3.12. The number of aliphatic hydroxyl groups is 1. The van der Waals surface area contributed by atoms with Gasteiger partial charge in [-0.05, 0) is 18.6 Å². The molecule has 5 heteroatoms. The largest absolute Gasteiger partial charge is 0.394 e. The van der Waals surface area contributed by atoms with Gasteiger partial charge in [0, 0.05) is 17.3 Å². The molecule has 5 nitrogen and oxygen atoms in total. The van der Waals surface area contributed by atoms with Crippen LogP contribution in [0.2, 0.25) is 0 Å². The molecule has 0 aliphatic rings. The van der Waals surface area contributed by atoms with Crippen LogP contribution in [0.15, 0.2) is 54.6 Å². The highest BCUT2D eigenvalue weighted by Gasteiger charge is 2.17. The van der Waals surface area contributed by atoms with Crippen molar-refractivity contribution in [1.82, 2.24) is 5.32 Å². The maximum absolute atomic E-state index is 11.9. The molecule has 0 aliphatic heterocycles. The smallest absolute Gasteiger partial charge is 0.313 e. The van der Waals surface area contributed by atoms with Crippen LogP contribution in [-0.4, -0.2) is 29.6 Å². The molecule has 0 fully saturated rings. The molecule has 1 atom stereocenters. The Morgan fingerprint density at radius 1 is 1.00 bits per heavy atom. The Balaban J connectivity index is 2.17. The van der Waals surface area contributed by atoms with Gasteiger partial charge < -0.3 is 15.7 Å². The second-order valence-electron chi connectivity index (χ2n) is 4.92. The number of benzene rings is 2. The zero-order valence-corrected chi connectivity index (χ0v) is 12.2. The third kappa shape index (κ3) is 3.93. The first kappa shape index (κ1) is 15.7. The van der Waals surface area contributed by atoms with Gasteiger partial charge in [-0.25, -0.2) is 0 Å². The molecule has 0 aromatic heterocycles. The number of para-hydroxylation sites is 1. The van der Waals surface area contributed by atoms with E-state index >= 15 is 0 Å². The summed E-state index contributed by atoms with van der Waals surface area (Å²) in [7, 11) is 0. The van der Waals surface area contributed by atoms with Crippen molar-refractivity contribution in [3.05, 3.63) is 54.6 Å². The van der Waals surface area contributed by atoms with E-state index in [0.717, 1.165) is 11.1 Å². The normalized spacial score (nSPS) is 11.5. The fourth-order valence-corrected chi connectivity index (χ4v) is 1.98. The summed E-state index contributed by atoms with van der Waals surface area (Å²) in [5, 5.41) is 13.9. The monoisotopic (exact) mass is 298 g/mol. The van der Waals surface area contributed by atoms with Gasteiger partial charge >= 0.3 is 11.8 Å². The summed E-state index contributed by atoms with van der Waals surface area (Å²) in [5.74, 6) is -1.53. The number of anilines is 1. The van der Waals surface area contributed by atoms with Gasteiger partial charge in [0.25, 0.3) is 0 Å². The molecule has 0 heterocycles. The molecule has 2 rings (SSSR count). The highest BCUT2D eigenvalue weighted by molar-refractivity contribution is 6.40. The van der Waals surface area contributed by atoms with Crippen LogP contribution < -0.4 is 10.6 Å². The Morgan fingerprint density at radius 3 is 2.32 bits per heavy atom. The SMILES string of the molecule is CC(CO)NC(=O)C(=O)Nc1ccccc1-c1ccccc1. The van der Waals surface area contributed by atoms with E-state index in [-0.39, 0.29) is 6.61 Å². The molecule has 3 N–H and O–H groups in total. The first-order chi connectivity index (χ1) is 10.6. The second kappa shape index (κ2) is 7.38. The Morgan fingerprint density at radius 2 is 1.64 bits per heavy atom. The van der Waals surface area contributed by atoms with Gasteiger partial charge in [0.15, 0.2) is 0 Å². The van der Waals surface area contributed by atoms with Gasteiger partial charge in [-0.15, -0.1) is 0 Å².